The number of furan rings is 1. The van der Waals surface area contributed by atoms with Crippen LogP contribution < -0.4 is 14.8 Å². The smallest absolute Gasteiger partial charge is 0.373 e. The van der Waals surface area contributed by atoms with E-state index in [4.69, 9.17) is 19.0 Å². The number of carboxylic acids is 1. The number of ether oxygens (including phenoxy) is 3. The highest BCUT2D eigenvalue weighted by Crippen LogP contribution is 2.30. The summed E-state index contributed by atoms with van der Waals surface area (Å²) in [5.41, 5.74) is 0.545. The SMILES string of the molecule is CCOc1cc(C=C2NC(=O)N(Cc3ccc(C(=O)OC)o3)C2=O)ccc1OCC(=O)O. The second kappa shape index (κ2) is 9.69. The Morgan fingerprint density at radius 3 is 2.62 bits per heavy atom. The fourth-order valence-electron chi connectivity index (χ4n) is 2.85. The molecule has 1 fully saturated rings. The Balaban J connectivity index is 1.77. The minimum absolute atomic E-state index is 0.0244. The molecule has 0 bridgehead atoms. The van der Waals surface area contributed by atoms with Gasteiger partial charge < -0.3 is 29.1 Å². The summed E-state index contributed by atoms with van der Waals surface area (Å²) in [6, 6.07) is 6.87. The number of hydrogen-bond donors (Lipinski definition) is 2. The van der Waals surface area contributed by atoms with Gasteiger partial charge in [-0.1, -0.05) is 6.07 Å². The number of nitrogens with one attached hydrogen (secondary N) is 1. The summed E-state index contributed by atoms with van der Waals surface area (Å²) >= 11 is 0. The number of carbonyl (C=O) groups is 4. The number of carboxylic acid groups (broad SMARTS) is 1. The fourth-order valence-corrected chi connectivity index (χ4v) is 2.85. The molecule has 1 aliphatic heterocycles. The van der Waals surface area contributed by atoms with Crippen molar-refractivity contribution >= 4 is 30.0 Å². The van der Waals surface area contributed by atoms with Gasteiger partial charge in [0.15, 0.2) is 18.1 Å². The van der Waals surface area contributed by atoms with E-state index in [0.29, 0.717) is 17.9 Å². The van der Waals surface area contributed by atoms with Crippen molar-refractivity contribution in [3.8, 4) is 11.5 Å². The van der Waals surface area contributed by atoms with Gasteiger partial charge in [0.25, 0.3) is 5.91 Å². The molecule has 1 aromatic heterocycles. The quantitative estimate of drug-likeness (QED) is 0.337. The highest BCUT2D eigenvalue weighted by Gasteiger charge is 2.34. The predicted molar refractivity (Wildman–Crippen MR) is 108 cm³/mol. The van der Waals surface area contributed by atoms with Crippen molar-refractivity contribution in [3.05, 3.63) is 53.1 Å². The van der Waals surface area contributed by atoms with Gasteiger partial charge in [0.2, 0.25) is 5.76 Å². The van der Waals surface area contributed by atoms with Crippen molar-refractivity contribution in [2.45, 2.75) is 13.5 Å². The Kier molecular flexibility index (Phi) is 6.78. The van der Waals surface area contributed by atoms with Crippen molar-refractivity contribution in [2.24, 2.45) is 0 Å². The summed E-state index contributed by atoms with van der Waals surface area (Å²) in [5.74, 6) is -1.67. The molecule has 2 N–H and O–H groups in total. The van der Waals surface area contributed by atoms with E-state index in [-0.39, 0.29) is 29.5 Å². The highest BCUT2D eigenvalue weighted by molar-refractivity contribution is 6.13. The first kappa shape index (κ1) is 22.4. The average molecular weight is 444 g/mol. The third-order valence-electron chi connectivity index (χ3n) is 4.25. The number of nitrogens with zero attached hydrogens (tertiary/aromatic N) is 1. The summed E-state index contributed by atoms with van der Waals surface area (Å²) in [6.07, 6.45) is 1.45. The van der Waals surface area contributed by atoms with E-state index in [9.17, 15) is 19.2 Å². The third kappa shape index (κ3) is 5.06. The minimum Gasteiger partial charge on any atom is -0.490 e. The van der Waals surface area contributed by atoms with Crippen LogP contribution in [0.1, 0.15) is 28.8 Å². The highest BCUT2D eigenvalue weighted by atomic mass is 16.5. The van der Waals surface area contributed by atoms with Crippen LogP contribution in [-0.2, 0) is 20.9 Å². The first-order valence-electron chi connectivity index (χ1n) is 9.45. The Labute approximate surface area is 182 Å². The molecule has 3 amide bonds. The number of rotatable bonds is 9. The molecule has 3 rings (SSSR count). The molecule has 2 aromatic rings. The summed E-state index contributed by atoms with van der Waals surface area (Å²) in [6.45, 7) is 1.36. The van der Waals surface area contributed by atoms with Gasteiger partial charge in [-0.3, -0.25) is 9.69 Å². The number of aliphatic carboxylic acids is 1. The number of benzene rings is 1. The molecule has 1 aliphatic rings. The van der Waals surface area contributed by atoms with Crippen LogP contribution in [0.15, 0.2) is 40.4 Å². The predicted octanol–water partition coefficient (Wildman–Crippen LogP) is 2.02. The van der Waals surface area contributed by atoms with Crippen LogP contribution in [0.2, 0.25) is 0 Å². The molecular formula is C21H20N2O9. The molecule has 2 heterocycles. The molecule has 0 aliphatic carbocycles. The molecule has 0 saturated carbocycles. The lowest BCUT2D eigenvalue weighted by Gasteiger charge is -2.11. The zero-order chi connectivity index (χ0) is 23.3. The molecule has 168 valence electrons. The molecule has 0 spiro atoms. The first-order valence-corrected chi connectivity index (χ1v) is 9.45. The van der Waals surface area contributed by atoms with Crippen LogP contribution in [0, 0.1) is 0 Å². The molecule has 11 nitrogen and oxygen atoms in total. The van der Waals surface area contributed by atoms with Crippen molar-refractivity contribution in [1.82, 2.24) is 10.2 Å². The average Bonchev–Trinajstić information content (AvgIpc) is 3.33. The number of esters is 1. The minimum atomic E-state index is -1.13. The summed E-state index contributed by atoms with van der Waals surface area (Å²) in [7, 11) is 1.21. The lowest BCUT2D eigenvalue weighted by atomic mass is 10.1. The Hall–Kier alpha value is -4.28. The second-order valence-corrected chi connectivity index (χ2v) is 6.46. The zero-order valence-corrected chi connectivity index (χ0v) is 17.2. The third-order valence-corrected chi connectivity index (χ3v) is 4.25. The monoisotopic (exact) mass is 444 g/mol. The van der Waals surface area contributed by atoms with Crippen molar-refractivity contribution in [2.75, 3.05) is 20.3 Å². The van der Waals surface area contributed by atoms with Gasteiger partial charge in [0.1, 0.15) is 11.5 Å². The molecule has 11 heteroatoms. The van der Waals surface area contributed by atoms with Gasteiger partial charge in [0, 0.05) is 0 Å². The lowest BCUT2D eigenvalue weighted by Crippen LogP contribution is -2.30. The zero-order valence-electron chi connectivity index (χ0n) is 17.2. The Morgan fingerprint density at radius 2 is 1.94 bits per heavy atom. The molecular weight excluding hydrogens is 424 g/mol. The largest absolute Gasteiger partial charge is 0.490 e. The number of methoxy groups -OCH3 is 1. The maximum absolute atomic E-state index is 12.7. The topological polar surface area (TPSA) is 145 Å². The lowest BCUT2D eigenvalue weighted by molar-refractivity contribution is -0.139. The van der Waals surface area contributed by atoms with Gasteiger partial charge in [0.05, 0.1) is 20.3 Å². The van der Waals surface area contributed by atoms with E-state index in [1.54, 1.807) is 19.1 Å². The molecule has 0 radical (unpaired) electrons. The summed E-state index contributed by atoms with van der Waals surface area (Å²) < 4.78 is 20.5. The van der Waals surface area contributed by atoms with E-state index in [1.165, 1.54) is 31.4 Å². The van der Waals surface area contributed by atoms with E-state index in [1.807, 2.05) is 0 Å². The van der Waals surface area contributed by atoms with Crippen LogP contribution in [0.25, 0.3) is 6.08 Å². The van der Waals surface area contributed by atoms with Crippen LogP contribution in [0.4, 0.5) is 4.79 Å². The molecule has 0 unspecified atom stereocenters. The molecule has 0 atom stereocenters. The molecule has 1 saturated heterocycles. The van der Waals surface area contributed by atoms with Gasteiger partial charge in [-0.15, -0.1) is 0 Å². The second-order valence-electron chi connectivity index (χ2n) is 6.46. The van der Waals surface area contributed by atoms with E-state index < -0.39 is 30.5 Å². The molecule has 32 heavy (non-hydrogen) atoms. The van der Waals surface area contributed by atoms with Gasteiger partial charge in [-0.25, -0.2) is 14.4 Å². The molecule has 1 aromatic carbocycles. The number of urea groups is 1. The number of imide groups is 1. The number of amides is 3. The van der Waals surface area contributed by atoms with Crippen molar-refractivity contribution in [3.63, 3.8) is 0 Å². The number of hydrogen-bond acceptors (Lipinski definition) is 8. The normalized spacial score (nSPS) is 14.4. The first-order chi connectivity index (χ1) is 15.3. The van der Waals surface area contributed by atoms with E-state index in [2.05, 4.69) is 10.1 Å². The van der Waals surface area contributed by atoms with Gasteiger partial charge >= 0.3 is 18.0 Å². The van der Waals surface area contributed by atoms with Crippen LogP contribution in [0.3, 0.4) is 0 Å². The fraction of sp³-hybridized carbons (Fsp3) is 0.238. The Bertz CT molecular complexity index is 1090. The maximum atomic E-state index is 12.7. The summed E-state index contributed by atoms with van der Waals surface area (Å²) in [5, 5.41) is 11.3. The van der Waals surface area contributed by atoms with E-state index in [0.717, 1.165) is 4.90 Å². The van der Waals surface area contributed by atoms with E-state index >= 15 is 0 Å². The van der Waals surface area contributed by atoms with Crippen molar-refractivity contribution < 1.29 is 42.9 Å². The van der Waals surface area contributed by atoms with Crippen LogP contribution in [0.5, 0.6) is 11.5 Å². The Morgan fingerprint density at radius 1 is 1.16 bits per heavy atom. The van der Waals surface area contributed by atoms with Gasteiger partial charge in [-0.05, 0) is 42.8 Å². The van der Waals surface area contributed by atoms with Crippen LogP contribution in [-0.4, -0.2) is 54.2 Å². The standard InChI is InChI=1S/C21H20N2O9/c1-3-30-17-9-12(4-6-15(17)31-11-18(24)25)8-14-19(26)23(21(28)22-14)10-13-5-7-16(32-13)20(27)29-2/h4-9H,3,10-11H2,1-2H3,(H,22,28)(H,24,25). The summed E-state index contributed by atoms with van der Waals surface area (Å²) in [4.78, 5) is 48.1. The number of carbonyl (C=O) groups excluding carboxylic acids is 3. The van der Waals surface area contributed by atoms with Crippen molar-refractivity contribution in [1.29, 1.82) is 0 Å². The van der Waals surface area contributed by atoms with Gasteiger partial charge in [-0.2, -0.15) is 0 Å². The van der Waals surface area contributed by atoms with Crippen LogP contribution >= 0.6 is 0 Å². The maximum Gasteiger partial charge on any atom is 0.373 e.